The lowest BCUT2D eigenvalue weighted by Crippen LogP contribution is -2.63. The van der Waals surface area contributed by atoms with E-state index >= 15 is 0 Å². The lowest BCUT2D eigenvalue weighted by atomic mass is 9.79. The molecule has 4 aliphatic heterocycles. The number of ether oxygens (including phenoxy) is 9. The van der Waals surface area contributed by atoms with Crippen LogP contribution in [0.3, 0.4) is 0 Å². The van der Waals surface area contributed by atoms with Crippen LogP contribution in [0.15, 0.2) is 36.5 Å². The molecule has 4 rings (SSSR count). The first-order valence-corrected chi connectivity index (χ1v) is 26.7. The number of nitrogens with zero attached hydrogens (tertiary/aromatic N) is 1. The first kappa shape index (κ1) is 55.7. The average Bonchev–Trinajstić information content (AvgIpc) is 3.28. The van der Waals surface area contributed by atoms with Crippen molar-refractivity contribution in [1.29, 1.82) is 0 Å². The van der Waals surface area contributed by atoms with Crippen molar-refractivity contribution in [1.82, 2.24) is 4.90 Å². The van der Waals surface area contributed by atoms with Crippen molar-refractivity contribution >= 4 is 20.1 Å². The van der Waals surface area contributed by atoms with E-state index in [2.05, 4.69) is 27.4 Å². The third kappa shape index (κ3) is 14.3. The van der Waals surface area contributed by atoms with Crippen LogP contribution < -0.4 is 0 Å². The van der Waals surface area contributed by atoms with Crippen LogP contribution in [-0.2, 0) is 56.6 Å². The van der Waals surface area contributed by atoms with Gasteiger partial charge in [0.05, 0.1) is 68.4 Å². The maximum atomic E-state index is 14.4. The number of cyclic esters (lactones) is 1. The molecule has 65 heavy (non-hydrogen) atoms. The fraction of sp³-hybridized carbons (Fsp3) is 0.837. The minimum atomic E-state index is -2.04. The maximum absolute atomic E-state index is 14.4. The summed E-state index contributed by atoms with van der Waals surface area (Å²) in [5.74, 6) is -2.17. The summed E-state index contributed by atoms with van der Waals surface area (Å²) < 4.78 is 64.4. The van der Waals surface area contributed by atoms with Crippen LogP contribution in [0.4, 0.5) is 0 Å². The second-order valence-corrected chi connectivity index (χ2v) is 23.8. The summed E-state index contributed by atoms with van der Waals surface area (Å²) in [6.07, 6.45) is -0.812. The highest BCUT2D eigenvalue weighted by atomic mass is 28.4. The van der Waals surface area contributed by atoms with Gasteiger partial charge >= 0.3 is 5.97 Å². The summed E-state index contributed by atoms with van der Waals surface area (Å²) in [5, 5.41) is 22.6. The van der Waals surface area contributed by atoms with E-state index in [1.165, 1.54) is 0 Å². The number of hydrogen-bond acceptors (Lipinski definition) is 15. The van der Waals surface area contributed by atoms with Crippen LogP contribution in [0.25, 0.3) is 0 Å². The van der Waals surface area contributed by atoms with Crippen molar-refractivity contribution in [3.63, 3.8) is 0 Å². The Morgan fingerprint density at radius 1 is 0.877 bits per heavy atom. The van der Waals surface area contributed by atoms with Gasteiger partial charge in [0.2, 0.25) is 0 Å². The number of aliphatic hydroxyl groups excluding tert-OH is 2. The standard InChI is InChI=1S/C49H85NO14Si/c1-15-36-28-57-23-22-34-25-30(7)37(51)21-20-29(6)24-35(27-58-49-47(56-14)46(55-13)45(33(10)60-49)64-65(17-3,18-4)19-5)38(16-2)62-40(52)26-39(61-36)31(8)44(34)63-48-43(54)41(50(11)12)42(53)32(9)59-48/h15,20-21,24,30-36,38-39,41-49,53-54H,1,16-19,22-23,25-28H2,2-14H3/b21-20+,29-24+/t30-,31+,32?,33?,34+,35-,36?,38-,39-,41?,42-,43?,44-,45-,46+,47?,48+,49-/m1/s1. The summed E-state index contributed by atoms with van der Waals surface area (Å²) in [7, 11) is 4.81. The monoisotopic (exact) mass is 940 g/mol. The lowest BCUT2D eigenvalue weighted by molar-refractivity contribution is -0.306. The van der Waals surface area contributed by atoms with Gasteiger partial charge in [-0.2, -0.15) is 0 Å². The fourth-order valence-corrected chi connectivity index (χ4v) is 13.0. The molecule has 0 saturated carbocycles. The molecule has 0 radical (unpaired) electrons. The average molecular weight is 940 g/mol. The Morgan fingerprint density at radius 3 is 2.14 bits per heavy atom. The number of hydrogen-bond donors (Lipinski definition) is 2. The fourth-order valence-electron chi connectivity index (χ4n) is 10.1. The highest BCUT2D eigenvalue weighted by Crippen LogP contribution is 2.37. The number of rotatable bonds is 15. The molecule has 374 valence electrons. The zero-order valence-corrected chi connectivity index (χ0v) is 42.7. The van der Waals surface area contributed by atoms with Crippen LogP contribution >= 0.6 is 0 Å². The molecule has 16 heteroatoms. The molecule has 0 aromatic heterocycles. The summed E-state index contributed by atoms with van der Waals surface area (Å²) in [4.78, 5) is 30.1. The van der Waals surface area contributed by atoms with E-state index in [0.717, 1.165) is 23.7 Å². The number of fused-ring (bicyclic) bond motifs is 3. The van der Waals surface area contributed by atoms with Crippen LogP contribution in [0.1, 0.15) is 88.0 Å². The molecule has 18 atom stereocenters. The molecule has 0 aliphatic carbocycles. The third-order valence-electron chi connectivity index (χ3n) is 14.5. The molecule has 0 amide bonds. The highest BCUT2D eigenvalue weighted by molar-refractivity contribution is 6.73. The van der Waals surface area contributed by atoms with Crippen molar-refractivity contribution in [2.24, 2.45) is 23.7 Å². The molecule has 2 bridgehead atoms. The summed E-state index contributed by atoms with van der Waals surface area (Å²) in [6.45, 7) is 22.7. The Kier molecular flexibility index (Phi) is 22.4. The van der Waals surface area contributed by atoms with Crippen LogP contribution in [0.2, 0.25) is 18.1 Å². The molecule has 6 unspecified atom stereocenters. The van der Waals surface area contributed by atoms with Crippen molar-refractivity contribution < 1.29 is 66.9 Å². The van der Waals surface area contributed by atoms with Gasteiger partial charge in [-0.3, -0.25) is 9.59 Å². The largest absolute Gasteiger partial charge is 0.462 e. The smallest absolute Gasteiger partial charge is 0.308 e. The SMILES string of the molecule is C=CC1COCC[C@H]2C[C@@H](C)C(=O)/C=C/C(C)=C/[C@H](CO[C@@H]3OC(C)[C@@H](O[Si](CC)(CC)CC)[C@H](OC)C3OC)[C@@H](CC)OC(=O)C[C@@H](O1)[C@H](C)[C@H]2O[C@@H]1OC(C)[C@@H](O)C(N(C)C)C1O. The van der Waals surface area contributed by atoms with Gasteiger partial charge in [-0.25, -0.2) is 0 Å². The Bertz CT molecular complexity index is 1540. The van der Waals surface area contributed by atoms with Gasteiger partial charge in [-0.15, -0.1) is 6.58 Å². The van der Waals surface area contributed by atoms with E-state index in [1.54, 1.807) is 58.4 Å². The van der Waals surface area contributed by atoms with E-state index in [9.17, 15) is 19.8 Å². The summed E-state index contributed by atoms with van der Waals surface area (Å²) in [6, 6.07) is 2.27. The lowest BCUT2D eigenvalue weighted by Gasteiger charge is -2.47. The quantitative estimate of drug-likeness (QED) is 0.111. The Labute approximate surface area is 390 Å². The van der Waals surface area contributed by atoms with Crippen molar-refractivity contribution in [2.75, 3.05) is 48.1 Å². The number of likely N-dealkylation sites (N-methyl/N-ethyl adjacent to an activating group) is 1. The number of esters is 1. The molecular weight excluding hydrogens is 855 g/mol. The molecule has 3 fully saturated rings. The second-order valence-electron chi connectivity index (χ2n) is 19.0. The van der Waals surface area contributed by atoms with Gasteiger partial charge in [0, 0.05) is 38.6 Å². The molecule has 0 aromatic carbocycles. The Balaban J connectivity index is 1.70. The predicted molar refractivity (Wildman–Crippen MR) is 250 cm³/mol. The molecule has 4 heterocycles. The minimum Gasteiger partial charge on any atom is -0.462 e. The van der Waals surface area contributed by atoms with Crippen molar-refractivity contribution in [3.05, 3.63) is 36.5 Å². The molecule has 0 spiro atoms. The topological polar surface area (TPSA) is 170 Å². The Hall–Kier alpha value is -1.90. The van der Waals surface area contributed by atoms with Gasteiger partial charge < -0.3 is 62.2 Å². The van der Waals surface area contributed by atoms with E-state index in [-0.39, 0.29) is 43.5 Å². The highest BCUT2D eigenvalue weighted by Gasteiger charge is 2.50. The number of carbonyl (C=O) groups is 2. The Morgan fingerprint density at radius 2 is 1.54 bits per heavy atom. The molecule has 2 N–H and O–H groups in total. The number of ketones is 1. The molecular formula is C49H85NO14Si. The number of carbonyl (C=O) groups excluding carboxylic acids is 2. The van der Waals surface area contributed by atoms with Gasteiger partial charge in [0.25, 0.3) is 0 Å². The van der Waals surface area contributed by atoms with E-state index in [1.807, 2.05) is 40.7 Å². The van der Waals surface area contributed by atoms with Crippen molar-refractivity contribution in [2.45, 2.75) is 192 Å². The van der Waals surface area contributed by atoms with Gasteiger partial charge in [-0.05, 0) is 84.3 Å². The molecule has 15 nitrogen and oxygen atoms in total. The van der Waals surface area contributed by atoms with Crippen LogP contribution in [-0.4, -0.2) is 169 Å². The van der Waals surface area contributed by atoms with Crippen LogP contribution in [0, 0.1) is 23.7 Å². The molecule has 4 aliphatic rings. The van der Waals surface area contributed by atoms with E-state index in [4.69, 9.17) is 47.1 Å². The summed E-state index contributed by atoms with van der Waals surface area (Å²) >= 11 is 0. The predicted octanol–water partition coefficient (Wildman–Crippen LogP) is 6.00. The molecule has 3 saturated heterocycles. The van der Waals surface area contributed by atoms with Crippen LogP contribution in [0.5, 0.6) is 0 Å². The number of aliphatic hydroxyl groups is 2. The van der Waals surface area contributed by atoms with E-state index in [0.29, 0.717) is 25.9 Å². The van der Waals surface area contributed by atoms with Gasteiger partial charge in [0.1, 0.15) is 24.4 Å². The summed E-state index contributed by atoms with van der Waals surface area (Å²) in [5.41, 5.74) is 0.796. The first-order valence-electron chi connectivity index (χ1n) is 24.2. The number of allylic oxidation sites excluding steroid dienone is 3. The van der Waals surface area contributed by atoms with Crippen molar-refractivity contribution in [3.8, 4) is 0 Å². The minimum absolute atomic E-state index is 0.0605. The zero-order chi connectivity index (χ0) is 48.2. The van der Waals surface area contributed by atoms with Gasteiger partial charge in [-0.1, -0.05) is 65.3 Å². The normalized spacial score (nSPS) is 41.1. The second kappa shape index (κ2) is 26.2. The first-order chi connectivity index (χ1) is 30.9. The zero-order valence-electron chi connectivity index (χ0n) is 41.7. The third-order valence-corrected chi connectivity index (χ3v) is 19.1. The maximum Gasteiger partial charge on any atom is 0.308 e. The molecule has 0 aromatic rings. The van der Waals surface area contributed by atoms with E-state index < -0.39 is 106 Å². The number of methoxy groups -OCH3 is 2. The van der Waals surface area contributed by atoms with Gasteiger partial charge in [0.15, 0.2) is 26.7 Å².